The quantitative estimate of drug-likeness (QED) is 0.627. The van der Waals surface area contributed by atoms with Crippen LogP contribution in [0.4, 0.5) is 0 Å². The highest BCUT2D eigenvalue weighted by Crippen LogP contribution is 2.08. The van der Waals surface area contributed by atoms with Crippen LogP contribution in [-0.2, 0) is 0 Å². The molecular weight excluding hydrogens is 174 g/mol. The number of hydrogen-bond acceptors (Lipinski definition) is 2. The van der Waals surface area contributed by atoms with Crippen molar-refractivity contribution in [3.8, 4) is 5.82 Å². The second-order valence-corrected chi connectivity index (χ2v) is 2.68. The lowest BCUT2D eigenvalue weighted by Crippen LogP contribution is -1.93. The van der Waals surface area contributed by atoms with Gasteiger partial charge in [-0.2, -0.15) is 0 Å². The first-order valence-corrected chi connectivity index (χ1v) is 3.85. The third-order valence-corrected chi connectivity index (χ3v) is 1.69. The van der Waals surface area contributed by atoms with Crippen LogP contribution in [-0.4, -0.2) is 14.5 Å². The highest BCUT2D eigenvalue weighted by Gasteiger charge is 1.96. The molecule has 12 heavy (non-hydrogen) atoms. The van der Waals surface area contributed by atoms with Gasteiger partial charge in [-0.1, -0.05) is 11.6 Å². The Labute approximate surface area is 74.7 Å². The second kappa shape index (κ2) is 2.95. The molecule has 0 aliphatic heterocycles. The maximum Gasteiger partial charge on any atom is 0.141 e. The van der Waals surface area contributed by atoms with Crippen LogP contribution in [0.1, 0.15) is 0 Å². The smallest absolute Gasteiger partial charge is 0.141 e. The van der Waals surface area contributed by atoms with Gasteiger partial charge < -0.3 is 4.57 Å². The van der Waals surface area contributed by atoms with Gasteiger partial charge in [0.2, 0.25) is 0 Å². The van der Waals surface area contributed by atoms with E-state index in [4.69, 9.17) is 11.6 Å². The van der Waals surface area contributed by atoms with E-state index in [0.29, 0.717) is 5.15 Å². The number of hydrogen-bond donors (Lipinski definition) is 0. The SMILES string of the molecule is Clc1cc(-n2cccc2)ncn1. The minimum Gasteiger partial charge on any atom is -0.309 e. The average molecular weight is 180 g/mol. The van der Waals surface area contributed by atoms with Gasteiger partial charge in [0.15, 0.2) is 0 Å². The van der Waals surface area contributed by atoms with E-state index in [9.17, 15) is 0 Å². The van der Waals surface area contributed by atoms with Crippen molar-refractivity contribution >= 4 is 11.6 Å². The minimum absolute atomic E-state index is 0.453. The number of nitrogens with zero attached hydrogens (tertiary/aromatic N) is 3. The zero-order chi connectivity index (χ0) is 8.39. The highest BCUT2D eigenvalue weighted by atomic mass is 35.5. The van der Waals surface area contributed by atoms with Crippen molar-refractivity contribution in [2.45, 2.75) is 0 Å². The van der Waals surface area contributed by atoms with E-state index in [1.807, 2.05) is 29.1 Å². The summed E-state index contributed by atoms with van der Waals surface area (Å²) in [5, 5.41) is 0.453. The number of halogens is 1. The first kappa shape index (κ1) is 7.31. The van der Waals surface area contributed by atoms with E-state index in [2.05, 4.69) is 9.97 Å². The van der Waals surface area contributed by atoms with Gasteiger partial charge >= 0.3 is 0 Å². The van der Waals surface area contributed by atoms with Crippen molar-refractivity contribution in [3.05, 3.63) is 42.1 Å². The van der Waals surface area contributed by atoms with Gasteiger partial charge in [0.05, 0.1) is 0 Å². The summed E-state index contributed by atoms with van der Waals surface area (Å²) < 4.78 is 1.87. The van der Waals surface area contributed by atoms with Crippen molar-refractivity contribution in [1.82, 2.24) is 14.5 Å². The molecule has 2 heterocycles. The fourth-order valence-corrected chi connectivity index (χ4v) is 1.09. The summed E-state index contributed by atoms with van der Waals surface area (Å²) in [6, 6.07) is 5.56. The first-order chi connectivity index (χ1) is 5.86. The Morgan fingerprint density at radius 3 is 2.58 bits per heavy atom. The van der Waals surface area contributed by atoms with Crippen LogP contribution in [0.15, 0.2) is 36.9 Å². The van der Waals surface area contributed by atoms with Crippen LogP contribution in [0.5, 0.6) is 0 Å². The maximum atomic E-state index is 5.70. The van der Waals surface area contributed by atoms with Crippen LogP contribution in [0, 0.1) is 0 Å². The molecule has 0 radical (unpaired) electrons. The van der Waals surface area contributed by atoms with Gasteiger partial charge in [-0.3, -0.25) is 0 Å². The van der Waals surface area contributed by atoms with Crippen LogP contribution in [0.2, 0.25) is 5.15 Å². The Hall–Kier alpha value is -1.35. The molecule has 2 rings (SSSR count). The molecule has 0 spiro atoms. The average Bonchev–Trinajstić information content (AvgIpc) is 2.56. The lowest BCUT2D eigenvalue weighted by Gasteiger charge is -1.99. The zero-order valence-corrected chi connectivity index (χ0v) is 6.94. The molecule has 0 unspecified atom stereocenters. The van der Waals surface area contributed by atoms with E-state index in [0.717, 1.165) is 5.82 Å². The molecule has 0 saturated carbocycles. The van der Waals surface area contributed by atoms with Crippen LogP contribution >= 0.6 is 11.6 Å². The fourth-order valence-electron chi connectivity index (χ4n) is 0.953. The Morgan fingerprint density at radius 1 is 1.17 bits per heavy atom. The van der Waals surface area contributed by atoms with Gasteiger partial charge in [0.1, 0.15) is 17.3 Å². The lowest BCUT2D eigenvalue weighted by molar-refractivity contribution is 0.983. The predicted molar refractivity (Wildman–Crippen MR) is 46.4 cm³/mol. The van der Waals surface area contributed by atoms with Crippen LogP contribution < -0.4 is 0 Å². The van der Waals surface area contributed by atoms with E-state index < -0.39 is 0 Å². The molecule has 3 nitrogen and oxygen atoms in total. The summed E-state index contributed by atoms with van der Waals surface area (Å²) in [5.41, 5.74) is 0. The molecule has 0 N–H and O–H groups in total. The Kier molecular flexibility index (Phi) is 1.80. The summed E-state index contributed by atoms with van der Waals surface area (Å²) in [7, 11) is 0. The monoisotopic (exact) mass is 179 g/mol. The van der Waals surface area contributed by atoms with Crippen molar-refractivity contribution in [3.63, 3.8) is 0 Å². The maximum absolute atomic E-state index is 5.70. The summed E-state index contributed by atoms with van der Waals surface area (Å²) in [6.45, 7) is 0. The van der Waals surface area contributed by atoms with Gasteiger partial charge in [-0.25, -0.2) is 9.97 Å². The van der Waals surface area contributed by atoms with Crippen molar-refractivity contribution < 1.29 is 0 Å². The zero-order valence-electron chi connectivity index (χ0n) is 6.18. The second-order valence-electron chi connectivity index (χ2n) is 2.29. The van der Waals surface area contributed by atoms with Crippen molar-refractivity contribution in [2.75, 3.05) is 0 Å². The Morgan fingerprint density at radius 2 is 1.92 bits per heavy atom. The molecule has 0 aromatic carbocycles. The van der Waals surface area contributed by atoms with E-state index in [1.54, 1.807) is 6.07 Å². The van der Waals surface area contributed by atoms with Crippen LogP contribution in [0.25, 0.3) is 5.82 Å². The molecule has 0 amide bonds. The minimum atomic E-state index is 0.453. The molecule has 0 aliphatic rings. The fraction of sp³-hybridized carbons (Fsp3) is 0. The lowest BCUT2D eigenvalue weighted by atomic mass is 10.6. The molecule has 2 aromatic heterocycles. The van der Waals surface area contributed by atoms with Crippen molar-refractivity contribution in [1.29, 1.82) is 0 Å². The first-order valence-electron chi connectivity index (χ1n) is 3.47. The summed E-state index contributed by atoms with van der Waals surface area (Å²) in [4.78, 5) is 7.84. The van der Waals surface area contributed by atoms with E-state index in [-0.39, 0.29) is 0 Å². The third kappa shape index (κ3) is 1.31. The molecule has 0 saturated heterocycles. The molecule has 0 atom stereocenters. The highest BCUT2D eigenvalue weighted by molar-refractivity contribution is 6.29. The van der Waals surface area contributed by atoms with Crippen LogP contribution in [0.3, 0.4) is 0 Å². The van der Waals surface area contributed by atoms with Crippen molar-refractivity contribution in [2.24, 2.45) is 0 Å². The summed E-state index contributed by atoms with van der Waals surface area (Å²) in [5.74, 6) is 0.778. The van der Waals surface area contributed by atoms with E-state index in [1.165, 1.54) is 6.33 Å². The molecule has 2 aromatic rings. The third-order valence-electron chi connectivity index (χ3n) is 1.49. The largest absolute Gasteiger partial charge is 0.309 e. The molecule has 60 valence electrons. The molecule has 0 bridgehead atoms. The standard InChI is InChI=1S/C8H6ClN3/c9-7-5-8(11-6-10-7)12-3-1-2-4-12/h1-6H. The number of aromatic nitrogens is 3. The summed E-state index contributed by atoms with van der Waals surface area (Å²) in [6.07, 6.45) is 5.25. The normalized spacial score (nSPS) is 10.1. The van der Waals surface area contributed by atoms with Gasteiger partial charge in [-0.15, -0.1) is 0 Å². The molecule has 0 fully saturated rings. The van der Waals surface area contributed by atoms with Gasteiger partial charge in [0, 0.05) is 18.5 Å². The Balaban J connectivity index is 2.48. The molecule has 0 aliphatic carbocycles. The Bertz CT molecular complexity index is 370. The van der Waals surface area contributed by atoms with Gasteiger partial charge in [-0.05, 0) is 12.1 Å². The molecule has 4 heteroatoms. The molecular formula is C8H6ClN3. The van der Waals surface area contributed by atoms with E-state index >= 15 is 0 Å². The predicted octanol–water partition coefficient (Wildman–Crippen LogP) is 1.92. The topological polar surface area (TPSA) is 30.7 Å². The summed E-state index contributed by atoms with van der Waals surface area (Å²) >= 11 is 5.70. The number of rotatable bonds is 1. The van der Waals surface area contributed by atoms with Gasteiger partial charge in [0.25, 0.3) is 0 Å².